The molecule has 29 heavy (non-hydrogen) atoms. The van der Waals surface area contributed by atoms with Crippen molar-refractivity contribution in [2.75, 3.05) is 12.3 Å². The SMILES string of the molecule is C[C@H](NC(=O)C1C=C(c2ccccc2)CN1)C(=O)NC1CCc2nc(N)ccc21. The minimum absolute atomic E-state index is 0.0980. The zero-order chi connectivity index (χ0) is 20.4. The minimum Gasteiger partial charge on any atom is -0.384 e. The summed E-state index contributed by atoms with van der Waals surface area (Å²) in [5.74, 6) is 0.0708. The van der Waals surface area contributed by atoms with Crippen LogP contribution in [0.1, 0.15) is 36.2 Å². The van der Waals surface area contributed by atoms with Gasteiger partial charge in [0.05, 0.1) is 6.04 Å². The number of fused-ring (bicyclic) bond motifs is 1. The van der Waals surface area contributed by atoms with Gasteiger partial charge in [-0.05, 0) is 42.5 Å². The number of nitrogen functional groups attached to an aromatic ring is 1. The van der Waals surface area contributed by atoms with Crippen LogP contribution >= 0.6 is 0 Å². The van der Waals surface area contributed by atoms with Crippen LogP contribution in [0.5, 0.6) is 0 Å². The summed E-state index contributed by atoms with van der Waals surface area (Å²) >= 11 is 0. The molecule has 7 heteroatoms. The average molecular weight is 391 g/mol. The lowest BCUT2D eigenvalue weighted by Crippen LogP contribution is -2.50. The molecule has 0 spiro atoms. The van der Waals surface area contributed by atoms with Gasteiger partial charge in [0, 0.05) is 12.2 Å². The van der Waals surface area contributed by atoms with Crippen LogP contribution in [0.2, 0.25) is 0 Å². The zero-order valence-corrected chi connectivity index (χ0v) is 16.3. The highest BCUT2D eigenvalue weighted by Gasteiger charge is 2.29. The number of aryl methyl sites for hydroxylation is 1. The van der Waals surface area contributed by atoms with Gasteiger partial charge in [0.15, 0.2) is 0 Å². The molecule has 5 N–H and O–H groups in total. The van der Waals surface area contributed by atoms with E-state index < -0.39 is 12.1 Å². The third-order valence-corrected chi connectivity index (χ3v) is 5.45. The Labute approximate surface area is 169 Å². The number of hydrogen-bond donors (Lipinski definition) is 4. The molecule has 0 bridgehead atoms. The Kier molecular flexibility index (Phi) is 5.31. The average Bonchev–Trinajstić information content (AvgIpc) is 3.36. The summed E-state index contributed by atoms with van der Waals surface area (Å²) < 4.78 is 0. The summed E-state index contributed by atoms with van der Waals surface area (Å²) in [5.41, 5.74) is 9.83. The first-order valence-corrected chi connectivity index (χ1v) is 9.87. The Bertz CT molecular complexity index is 957. The Balaban J connectivity index is 1.34. The van der Waals surface area contributed by atoms with Gasteiger partial charge >= 0.3 is 0 Å². The largest absolute Gasteiger partial charge is 0.384 e. The number of amides is 2. The van der Waals surface area contributed by atoms with Crippen molar-refractivity contribution >= 4 is 23.2 Å². The number of hydrogen-bond acceptors (Lipinski definition) is 5. The van der Waals surface area contributed by atoms with E-state index in [1.807, 2.05) is 42.5 Å². The maximum Gasteiger partial charge on any atom is 0.242 e. The highest BCUT2D eigenvalue weighted by Crippen LogP contribution is 2.30. The Morgan fingerprint density at radius 1 is 1.21 bits per heavy atom. The van der Waals surface area contributed by atoms with Crippen molar-refractivity contribution < 1.29 is 9.59 Å². The van der Waals surface area contributed by atoms with Gasteiger partial charge in [0.25, 0.3) is 0 Å². The molecule has 1 aromatic heterocycles. The smallest absolute Gasteiger partial charge is 0.242 e. The molecule has 2 heterocycles. The van der Waals surface area contributed by atoms with Gasteiger partial charge < -0.3 is 16.4 Å². The molecule has 2 aromatic rings. The maximum atomic E-state index is 12.6. The van der Waals surface area contributed by atoms with Crippen molar-refractivity contribution in [3.05, 3.63) is 65.4 Å². The molecular formula is C22H25N5O2. The van der Waals surface area contributed by atoms with E-state index in [2.05, 4.69) is 20.9 Å². The quantitative estimate of drug-likeness (QED) is 0.615. The van der Waals surface area contributed by atoms with Crippen molar-refractivity contribution in [3.8, 4) is 0 Å². The summed E-state index contributed by atoms with van der Waals surface area (Å²) in [7, 11) is 0. The zero-order valence-electron chi connectivity index (χ0n) is 16.3. The summed E-state index contributed by atoms with van der Waals surface area (Å²) in [5, 5.41) is 9.01. The van der Waals surface area contributed by atoms with Gasteiger partial charge in [-0.15, -0.1) is 0 Å². The number of nitrogens with two attached hydrogens (primary N) is 1. The molecule has 0 radical (unpaired) electrons. The van der Waals surface area contributed by atoms with Crippen molar-refractivity contribution in [1.29, 1.82) is 0 Å². The van der Waals surface area contributed by atoms with Crippen LogP contribution in [0.15, 0.2) is 48.5 Å². The fourth-order valence-corrected chi connectivity index (χ4v) is 3.86. The third-order valence-electron chi connectivity index (χ3n) is 5.45. The molecule has 0 saturated carbocycles. The molecule has 150 valence electrons. The predicted molar refractivity (Wildman–Crippen MR) is 112 cm³/mol. The summed E-state index contributed by atoms with van der Waals surface area (Å²) in [4.78, 5) is 29.5. The maximum absolute atomic E-state index is 12.6. The van der Waals surface area contributed by atoms with Gasteiger partial charge in [-0.1, -0.05) is 42.5 Å². The topological polar surface area (TPSA) is 109 Å². The van der Waals surface area contributed by atoms with E-state index in [1.54, 1.807) is 13.0 Å². The molecule has 1 aromatic carbocycles. The molecule has 7 nitrogen and oxygen atoms in total. The Morgan fingerprint density at radius 3 is 2.79 bits per heavy atom. The number of benzene rings is 1. The summed E-state index contributed by atoms with van der Waals surface area (Å²) in [6, 6.07) is 12.4. The fraction of sp³-hybridized carbons (Fsp3) is 0.318. The third kappa shape index (κ3) is 4.14. The number of carbonyl (C=O) groups is 2. The molecule has 3 atom stereocenters. The Morgan fingerprint density at radius 2 is 2.00 bits per heavy atom. The molecule has 2 unspecified atom stereocenters. The van der Waals surface area contributed by atoms with Crippen LogP contribution in [0.25, 0.3) is 5.57 Å². The fourth-order valence-electron chi connectivity index (χ4n) is 3.86. The number of rotatable bonds is 5. The number of anilines is 1. The van der Waals surface area contributed by atoms with Crippen molar-refractivity contribution in [2.45, 2.75) is 37.9 Å². The summed E-state index contributed by atoms with van der Waals surface area (Å²) in [6.07, 6.45) is 3.48. The lowest BCUT2D eigenvalue weighted by Gasteiger charge is -2.20. The number of nitrogens with zero attached hydrogens (tertiary/aromatic N) is 1. The van der Waals surface area contributed by atoms with Crippen LogP contribution in [0, 0.1) is 0 Å². The van der Waals surface area contributed by atoms with Gasteiger partial charge in [-0.25, -0.2) is 4.98 Å². The van der Waals surface area contributed by atoms with E-state index in [0.717, 1.165) is 35.2 Å². The summed E-state index contributed by atoms with van der Waals surface area (Å²) in [6.45, 7) is 2.32. The van der Waals surface area contributed by atoms with Crippen molar-refractivity contribution in [2.24, 2.45) is 0 Å². The van der Waals surface area contributed by atoms with Gasteiger partial charge in [-0.3, -0.25) is 14.9 Å². The second-order valence-electron chi connectivity index (χ2n) is 7.52. The van der Waals surface area contributed by atoms with Crippen LogP contribution in [0.4, 0.5) is 5.82 Å². The van der Waals surface area contributed by atoms with E-state index in [9.17, 15) is 9.59 Å². The molecule has 2 amide bonds. The van der Waals surface area contributed by atoms with Gasteiger partial charge in [0.2, 0.25) is 11.8 Å². The first-order valence-electron chi connectivity index (χ1n) is 9.87. The number of nitrogens with one attached hydrogen (secondary N) is 3. The Hall–Kier alpha value is -3.19. The number of pyridine rings is 1. The lowest BCUT2D eigenvalue weighted by atomic mass is 10.1. The second kappa shape index (κ2) is 8.05. The van der Waals surface area contributed by atoms with E-state index in [1.165, 1.54) is 0 Å². The molecule has 2 aliphatic rings. The lowest BCUT2D eigenvalue weighted by molar-refractivity contribution is -0.129. The number of carbonyl (C=O) groups excluding carboxylic acids is 2. The highest BCUT2D eigenvalue weighted by molar-refractivity contribution is 5.92. The van der Waals surface area contributed by atoms with Crippen LogP contribution in [-0.4, -0.2) is 35.4 Å². The molecule has 1 aliphatic heterocycles. The van der Waals surface area contributed by atoms with Crippen molar-refractivity contribution in [1.82, 2.24) is 20.9 Å². The van der Waals surface area contributed by atoms with E-state index in [-0.39, 0.29) is 17.9 Å². The van der Waals surface area contributed by atoms with Crippen LogP contribution < -0.4 is 21.7 Å². The van der Waals surface area contributed by atoms with Gasteiger partial charge in [-0.2, -0.15) is 0 Å². The molecule has 0 saturated heterocycles. The number of aromatic nitrogens is 1. The van der Waals surface area contributed by atoms with E-state index >= 15 is 0 Å². The minimum atomic E-state index is -0.635. The second-order valence-corrected chi connectivity index (χ2v) is 7.52. The highest BCUT2D eigenvalue weighted by atomic mass is 16.2. The van der Waals surface area contributed by atoms with E-state index in [0.29, 0.717) is 12.4 Å². The normalized spacial score (nSPS) is 21.2. The monoisotopic (exact) mass is 391 g/mol. The van der Waals surface area contributed by atoms with Crippen LogP contribution in [-0.2, 0) is 16.0 Å². The first kappa shape index (κ1) is 19.1. The van der Waals surface area contributed by atoms with Crippen LogP contribution in [0.3, 0.4) is 0 Å². The molecular weight excluding hydrogens is 366 g/mol. The standard InChI is InChI=1S/C22H25N5O2/c1-13(21(28)27-18-9-8-17-16(18)7-10-20(23)26-17)25-22(29)19-11-15(12-24-19)14-5-3-2-4-6-14/h2-7,10-11,13,18-19,24H,8-9,12H2,1H3,(H2,23,26)(H,25,29)(H,27,28)/t13-,18?,19?/m0/s1. The molecule has 0 fully saturated rings. The first-order chi connectivity index (χ1) is 14.0. The predicted octanol–water partition coefficient (Wildman–Crippen LogP) is 1.33. The molecule has 1 aliphatic carbocycles. The molecule has 4 rings (SSSR count). The van der Waals surface area contributed by atoms with Crippen molar-refractivity contribution in [3.63, 3.8) is 0 Å². The van der Waals surface area contributed by atoms with E-state index in [4.69, 9.17) is 5.73 Å². The van der Waals surface area contributed by atoms with Gasteiger partial charge in [0.1, 0.15) is 17.9 Å².